The maximum atomic E-state index is 12.8. The number of rotatable bonds is 6. The molecule has 8 heteroatoms. The number of Topliss-reactive ketones (excluding diaryl/α,β-unsaturated/α-hetero) is 1. The van der Waals surface area contributed by atoms with Crippen molar-refractivity contribution < 1.29 is 23.1 Å². The number of hydrogen-bond acceptors (Lipinski definition) is 5. The quantitative estimate of drug-likeness (QED) is 0.705. The van der Waals surface area contributed by atoms with Crippen molar-refractivity contribution >= 4 is 27.4 Å². The number of carbonyl (C=O) groups is 2. The van der Waals surface area contributed by atoms with E-state index in [-0.39, 0.29) is 29.1 Å². The molecule has 0 spiro atoms. The van der Waals surface area contributed by atoms with Crippen LogP contribution in [0.4, 0.5) is 5.69 Å². The molecule has 1 aliphatic rings. The number of likely N-dealkylation sites (tertiary alicyclic amines) is 1. The van der Waals surface area contributed by atoms with Crippen molar-refractivity contribution in [2.45, 2.75) is 19.8 Å². The predicted octanol–water partition coefficient (Wildman–Crippen LogP) is 2.89. The van der Waals surface area contributed by atoms with Gasteiger partial charge in [-0.3, -0.25) is 14.3 Å². The molecule has 1 heterocycles. The van der Waals surface area contributed by atoms with Crippen LogP contribution in [0.15, 0.2) is 48.5 Å². The number of carbonyl (C=O) groups excluding carboxylic acids is 2. The van der Waals surface area contributed by atoms with Crippen molar-refractivity contribution in [1.29, 1.82) is 0 Å². The number of benzene rings is 2. The third-order valence-corrected chi connectivity index (χ3v) is 6.37. The highest BCUT2D eigenvalue weighted by Gasteiger charge is 2.28. The van der Waals surface area contributed by atoms with Gasteiger partial charge in [-0.25, -0.2) is 8.42 Å². The van der Waals surface area contributed by atoms with E-state index < -0.39 is 10.0 Å². The second-order valence-corrected chi connectivity index (χ2v) is 9.07. The Balaban J connectivity index is 1.63. The number of hydrogen-bond donors (Lipinski definition) is 2. The Kier molecular flexibility index (Phi) is 6.22. The molecule has 29 heavy (non-hydrogen) atoms. The van der Waals surface area contributed by atoms with E-state index >= 15 is 0 Å². The first kappa shape index (κ1) is 20.9. The van der Waals surface area contributed by atoms with Gasteiger partial charge in [-0.1, -0.05) is 6.07 Å². The summed E-state index contributed by atoms with van der Waals surface area (Å²) >= 11 is 0. The van der Waals surface area contributed by atoms with Crippen molar-refractivity contribution in [3.05, 3.63) is 59.7 Å². The SMILES string of the molecule is CCS(=O)(=O)Nc1cccc(C(=O)N2CCC(C(=O)c3ccc(O)cc3)CC2)c1. The number of phenolic OH excluding ortho intramolecular Hbond substituents is 1. The summed E-state index contributed by atoms with van der Waals surface area (Å²) in [6, 6.07) is 12.6. The number of amides is 1. The van der Waals surface area contributed by atoms with Crippen LogP contribution in [0.5, 0.6) is 5.75 Å². The third-order valence-electron chi connectivity index (χ3n) is 5.07. The maximum Gasteiger partial charge on any atom is 0.253 e. The average Bonchev–Trinajstić information content (AvgIpc) is 2.73. The highest BCUT2D eigenvalue weighted by molar-refractivity contribution is 7.92. The molecule has 0 aliphatic carbocycles. The summed E-state index contributed by atoms with van der Waals surface area (Å²) in [7, 11) is -3.41. The second-order valence-electron chi connectivity index (χ2n) is 7.06. The zero-order valence-corrected chi connectivity index (χ0v) is 17.0. The Hall–Kier alpha value is -2.87. The van der Waals surface area contributed by atoms with Crippen molar-refractivity contribution in [2.24, 2.45) is 5.92 Å². The molecule has 3 rings (SSSR count). The van der Waals surface area contributed by atoms with Gasteiger partial charge in [-0.15, -0.1) is 0 Å². The largest absolute Gasteiger partial charge is 0.508 e. The normalized spacial score (nSPS) is 15.1. The van der Waals surface area contributed by atoms with E-state index in [0.717, 1.165) is 0 Å². The van der Waals surface area contributed by atoms with Gasteiger partial charge < -0.3 is 10.0 Å². The summed E-state index contributed by atoms with van der Waals surface area (Å²) < 4.78 is 25.9. The van der Waals surface area contributed by atoms with E-state index in [2.05, 4.69) is 4.72 Å². The zero-order chi connectivity index (χ0) is 21.0. The van der Waals surface area contributed by atoms with E-state index in [4.69, 9.17) is 0 Å². The molecule has 2 N–H and O–H groups in total. The van der Waals surface area contributed by atoms with Crippen LogP contribution in [-0.2, 0) is 10.0 Å². The van der Waals surface area contributed by atoms with Crippen LogP contribution in [-0.4, -0.2) is 49.0 Å². The molecule has 0 radical (unpaired) electrons. The number of nitrogens with one attached hydrogen (secondary N) is 1. The monoisotopic (exact) mass is 416 g/mol. The van der Waals surface area contributed by atoms with Gasteiger partial charge in [0.25, 0.3) is 5.91 Å². The highest BCUT2D eigenvalue weighted by atomic mass is 32.2. The minimum Gasteiger partial charge on any atom is -0.508 e. The molecule has 2 aromatic carbocycles. The fourth-order valence-corrected chi connectivity index (χ4v) is 3.99. The lowest BCUT2D eigenvalue weighted by Crippen LogP contribution is -2.40. The van der Waals surface area contributed by atoms with Gasteiger partial charge in [-0.05, 0) is 62.2 Å². The Morgan fingerprint density at radius 3 is 2.34 bits per heavy atom. The minimum atomic E-state index is -3.41. The Bertz CT molecular complexity index is 994. The highest BCUT2D eigenvalue weighted by Crippen LogP contribution is 2.24. The van der Waals surface area contributed by atoms with Crippen molar-refractivity contribution in [2.75, 3.05) is 23.6 Å². The van der Waals surface area contributed by atoms with Crippen LogP contribution < -0.4 is 4.72 Å². The number of ketones is 1. The second kappa shape index (κ2) is 8.65. The Morgan fingerprint density at radius 2 is 1.72 bits per heavy atom. The van der Waals surface area contributed by atoms with Gasteiger partial charge >= 0.3 is 0 Å². The first-order valence-electron chi connectivity index (χ1n) is 9.52. The average molecular weight is 416 g/mol. The van der Waals surface area contributed by atoms with Crippen LogP contribution in [0.2, 0.25) is 0 Å². The predicted molar refractivity (Wildman–Crippen MR) is 111 cm³/mol. The molecule has 0 bridgehead atoms. The first-order chi connectivity index (χ1) is 13.8. The van der Waals surface area contributed by atoms with E-state index in [9.17, 15) is 23.1 Å². The molecule has 7 nitrogen and oxygen atoms in total. The van der Waals surface area contributed by atoms with Gasteiger partial charge in [0.2, 0.25) is 10.0 Å². The summed E-state index contributed by atoms with van der Waals surface area (Å²) in [5.74, 6) is -0.254. The molecule has 2 aromatic rings. The molecule has 1 aliphatic heterocycles. The van der Waals surface area contributed by atoms with Crippen molar-refractivity contribution in [3.63, 3.8) is 0 Å². The Labute approximate surface area is 170 Å². The Morgan fingerprint density at radius 1 is 1.07 bits per heavy atom. The molecular weight excluding hydrogens is 392 g/mol. The minimum absolute atomic E-state index is 0.0214. The fraction of sp³-hybridized carbons (Fsp3) is 0.333. The van der Waals surface area contributed by atoms with Gasteiger partial charge in [-0.2, -0.15) is 0 Å². The van der Waals surface area contributed by atoms with Gasteiger partial charge in [0, 0.05) is 35.8 Å². The van der Waals surface area contributed by atoms with Crippen LogP contribution >= 0.6 is 0 Å². The van der Waals surface area contributed by atoms with E-state index in [1.54, 1.807) is 42.2 Å². The molecule has 0 atom stereocenters. The number of anilines is 1. The summed E-state index contributed by atoms with van der Waals surface area (Å²) in [5, 5.41) is 9.36. The standard InChI is InChI=1S/C21H24N2O5S/c1-2-29(27,28)22-18-5-3-4-17(14-18)21(26)23-12-10-16(11-13-23)20(25)15-6-8-19(24)9-7-15/h3-9,14,16,22,24H,2,10-13H2,1H3. The smallest absolute Gasteiger partial charge is 0.253 e. The van der Waals surface area contributed by atoms with Gasteiger partial charge in [0.1, 0.15) is 5.75 Å². The number of aromatic hydroxyl groups is 1. The number of piperidine rings is 1. The lowest BCUT2D eigenvalue weighted by Gasteiger charge is -2.31. The zero-order valence-electron chi connectivity index (χ0n) is 16.2. The van der Waals surface area contributed by atoms with Gasteiger partial charge in [0.15, 0.2) is 5.78 Å². The molecule has 1 amide bonds. The van der Waals surface area contributed by atoms with Crippen molar-refractivity contribution in [3.8, 4) is 5.75 Å². The molecule has 1 saturated heterocycles. The molecular formula is C21H24N2O5S. The van der Waals surface area contributed by atoms with E-state index in [0.29, 0.717) is 42.7 Å². The first-order valence-corrected chi connectivity index (χ1v) is 11.2. The lowest BCUT2D eigenvalue weighted by molar-refractivity contribution is 0.0650. The third kappa shape index (κ3) is 5.14. The summed E-state index contributed by atoms with van der Waals surface area (Å²) in [4.78, 5) is 27.1. The molecule has 0 aromatic heterocycles. The fourth-order valence-electron chi connectivity index (χ4n) is 3.36. The van der Waals surface area contributed by atoms with Crippen LogP contribution in [0.1, 0.15) is 40.5 Å². The number of sulfonamides is 1. The summed E-state index contributed by atoms with van der Waals surface area (Å²) in [5.41, 5.74) is 1.32. The van der Waals surface area contributed by atoms with Gasteiger partial charge in [0.05, 0.1) is 5.75 Å². The topological polar surface area (TPSA) is 104 Å². The molecule has 0 saturated carbocycles. The van der Waals surface area contributed by atoms with E-state index in [1.165, 1.54) is 18.2 Å². The molecule has 154 valence electrons. The number of phenols is 1. The number of nitrogens with zero attached hydrogens (tertiary/aromatic N) is 1. The summed E-state index contributed by atoms with van der Waals surface area (Å²) in [6.07, 6.45) is 1.13. The molecule has 1 fully saturated rings. The van der Waals surface area contributed by atoms with Crippen molar-refractivity contribution in [1.82, 2.24) is 4.90 Å². The lowest BCUT2D eigenvalue weighted by atomic mass is 9.88. The van der Waals surface area contributed by atoms with Crippen LogP contribution in [0, 0.1) is 5.92 Å². The van der Waals surface area contributed by atoms with Crippen LogP contribution in [0.25, 0.3) is 0 Å². The van der Waals surface area contributed by atoms with E-state index in [1.807, 2.05) is 0 Å². The van der Waals surface area contributed by atoms with Crippen LogP contribution in [0.3, 0.4) is 0 Å². The summed E-state index contributed by atoms with van der Waals surface area (Å²) in [6.45, 7) is 2.46. The molecule has 0 unspecified atom stereocenters. The maximum absolute atomic E-state index is 12.8.